The molecule has 0 saturated heterocycles. The van der Waals surface area contributed by atoms with Gasteiger partial charge in [0.1, 0.15) is 30.7 Å². The number of aldehydes is 1. The molecule has 1 aliphatic heterocycles. The number of anilines is 2. The first-order valence-corrected chi connectivity index (χ1v) is 11.4. The van der Waals surface area contributed by atoms with Crippen LogP contribution in [0, 0.1) is 5.82 Å². The summed E-state index contributed by atoms with van der Waals surface area (Å²) >= 11 is 6.47. The average molecular weight is 489 g/mol. The molecule has 0 amide bonds. The SMILES string of the molecule is CN1CN=C(Nc2ccc(OCc3cccc(F)c3)c(Cl)c2)c2cc(-c3cc[nH]c3C=O)ccc21. The summed E-state index contributed by atoms with van der Waals surface area (Å²) in [5, 5.41) is 3.79. The van der Waals surface area contributed by atoms with Crippen LogP contribution in [0.25, 0.3) is 11.1 Å². The van der Waals surface area contributed by atoms with E-state index in [-0.39, 0.29) is 12.4 Å². The molecule has 0 spiro atoms. The van der Waals surface area contributed by atoms with Crippen LogP contribution in [0.1, 0.15) is 21.6 Å². The molecule has 1 aromatic heterocycles. The van der Waals surface area contributed by atoms with Crippen molar-refractivity contribution in [3.05, 3.63) is 101 Å². The lowest BCUT2D eigenvalue weighted by molar-refractivity contribution is 0.112. The van der Waals surface area contributed by atoms with Gasteiger partial charge < -0.3 is 19.9 Å². The van der Waals surface area contributed by atoms with Crippen LogP contribution in [0.3, 0.4) is 0 Å². The number of rotatable bonds is 6. The number of hydrogen-bond donors (Lipinski definition) is 2. The highest BCUT2D eigenvalue weighted by Gasteiger charge is 2.20. The van der Waals surface area contributed by atoms with Crippen molar-refractivity contribution in [2.75, 3.05) is 23.9 Å². The zero-order valence-corrected chi connectivity index (χ0v) is 19.6. The Kier molecular flexibility index (Phi) is 6.25. The Morgan fingerprint density at radius 1 is 1.14 bits per heavy atom. The second-order valence-corrected chi connectivity index (χ2v) is 8.60. The van der Waals surface area contributed by atoms with E-state index in [2.05, 4.69) is 15.2 Å². The number of ether oxygens (including phenoxy) is 1. The number of benzene rings is 3. The summed E-state index contributed by atoms with van der Waals surface area (Å²) in [6.07, 6.45) is 2.56. The van der Waals surface area contributed by atoms with E-state index in [1.807, 2.05) is 37.4 Å². The average Bonchev–Trinajstić information content (AvgIpc) is 3.34. The lowest BCUT2D eigenvalue weighted by Crippen LogP contribution is -2.29. The van der Waals surface area contributed by atoms with Gasteiger partial charge in [-0.15, -0.1) is 0 Å². The van der Waals surface area contributed by atoms with Crippen LogP contribution >= 0.6 is 11.6 Å². The second-order valence-electron chi connectivity index (χ2n) is 8.19. The third-order valence-corrected chi connectivity index (χ3v) is 6.09. The molecular formula is C27H22ClFN4O2. The van der Waals surface area contributed by atoms with Crippen molar-refractivity contribution in [2.45, 2.75) is 6.61 Å². The van der Waals surface area contributed by atoms with Crippen molar-refractivity contribution < 1.29 is 13.9 Å². The van der Waals surface area contributed by atoms with Gasteiger partial charge in [0.15, 0.2) is 6.29 Å². The van der Waals surface area contributed by atoms with Gasteiger partial charge in [0, 0.05) is 35.7 Å². The van der Waals surface area contributed by atoms with Crippen molar-refractivity contribution in [1.82, 2.24) is 4.98 Å². The summed E-state index contributed by atoms with van der Waals surface area (Å²) in [4.78, 5) is 21.1. The molecular weight excluding hydrogens is 467 g/mol. The van der Waals surface area contributed by atoms with Crippen LogP contribution in [-0.4, -0.2) is 30.8 Å². The standard InChI is InChI=1S/C27H22ClFN4O2/c1-33-16-31-27(22-12-18(5-7-25(22)33)21-9-10-30-24(21)14-34)32-20-6-8-26(23(28)13-20)35-15-17-3-2-4-19(29)11-17/h2-14,30H,15-16H2,1H3,(H,31,32). The van der Waals surface area contributed by atoms with Gasteiger partial charge in [-0.1, -0.05) is 29.8 Å². The number of carbonyl (C=O) groups is 1. The molecule has 0 fully saturated rings. The molecule has 3 aromatic carbocycles. The van der Waals surface area contributed by atoms with Crippen LogP contribution in [0.15, 0.2) is 77.9 Å². The Balaban J connectivity index is 1.37. The summed E-state index contributed by atoms with van der Waals surface area (Å²) in [6, 6.07) is 19.6. The normalized spacial score (nSPS) is 12.7. The van der Waals surface area contributed by atoms with Crippen molar-refractivity contribution in [3.8, 4) is 16.9 Å². The molecule has 8 heteroatoms. The molecule has 1 aliphatic rings. The molecule has 0 atom stereocenters. The number of nitrogens with zero attached hydrogens (tertiary/aromatic N) is 2. The minimum atomic E-state index is -0.307. The molecule has 2 N–H and O–H groups in total. The molecule has 0 bridgehead atoms. The Hall–Kier alpha value is -4.10. The number of fused-ring (bicyclic) bond motifs is 1. The predicted octanol–water partition coefficient (Wildman–Crippen LogP) is 6.13. The highest BCUT2D eigenvalue weighted by atomic mass is 35.5. The maximum atomic E-state index is 13.4. The summed E-state index contributed by atoms with van der Waals surface area (Å²) in [5.41, 5.74) is 5.68. The summed E-state index contributed by atoms with van der Waals surface area (Å²) in [5.74, 6) is 0.897. The molecule has 6 nitrogen and oxygen atoms in total. The van der Waals surface area contributed by atoms with E-state index in [0.717, 1.165) is 39.9 Å². The number of aromatic amines is 1. The summed E-state index contributed by atoms with van der Waals surface area (Å²) in [6.45, 7) is 0.711. The fourth-order valence-corrected chi connectivity index (χ4v) is 4.26. The number of H-pyrrole nitrogens is 1. The second kappa shape index (κ2) is 9.64. The zero-order valence-electron chi connectivity index (χ0n) is 18.9. The van der Waals surface area contributed by atoms with Gasteiger partial charge in [0.2, 0.25) is 0 Å². The fraction of sp³-hybridized carbons (Fsp3) is 0.111. The number of amidine groups is 1. The van der Waals surface area contributed by atoms with E-state index < -0.39 is 0 Å². The summed E-state index contributed by atoms with van der Waals surface area (Å²) in [7, 11) is 1.98. The molecule has 4 aromatic rings. The van der Waals surface area contributed by atoms with Gasteiger partial charge in [-0.05, 0) is 59.7 Å². The van der Waals surface area contributed by atoms with E-state index >= 15 is 0 Å². The molecule has 2 heterocycles. The zero-order chi connectivity index (χ0) is 24.4. The largest absolute Gasteiger partial charge is 0.487 e. The van der Waals surface area contributed by atoms with E-state index in [1.165, 1.54) is 12.1 Å². The van der Waals surface area contributed by atoms with Crippen LogP contribution in [0.4, 0.5) is 15.8 Å². The monoisotopic (exact) mass is 488 g/mol. The number of halogens is 2. The highest BCUT2D eigenvalue weighted by Crippen LogP contribution is 2.33. The molecule has 0 saturated carbocycles. The van der Waals surface area contributed by atoms with Crippen molar-refractivity contribution in [2.24, 2.45) is 4.99 Å². The van der Waals surface area contributed by atoms with Crippen LogP contribution in [-0.2, 0) is 6.61 Å². The lowest BCUT2D eigenvalue weighted by atomic mass is 10.00. The third kappa shape index (κ3) is 4.76. The van der Waals surface area contributed by atoms with Gasteiger partial charge >= 0.3 is 0 Å². The Bertz CT molecular complexity index is 1430. The van der Waals surface area contributed by atoms with Gasteiger partial charge in [0.25, 0.3) is 0 Å². The van der Waals surface area contributed by atoms with Crippen molar-refractivity contribution >= 4 is 35.1 Å². The molecule has 0 radical (unpaired) electrons. The number of hydrogen-bond acceptors (Lipinski definition) is 5. The first-order valence-electron chi connectivity index (χ1n) is 11.0. The summed E-state index contributed by atoms with van der Waals surface area (Å²) < 4.78 is 19.2. The minimum Gasteiger partial charge on any atom is -0.487 e. The van der Waals surface area contributed by atoms with E-state index in [0.29, 0.717) is 29.0 Å². The molecule has 176 valence electrons. The number of aliphatic imine (C=N–C) groups is 1. The first-order chi connectivity index (χ1) is 17.0. The maximum absolute atomic E-state index is 13.4. The van der Waals surface area contributed by atoms with Crippen LogP contribution < -0.4 is 15.0 Å². The maximum Gasteiger partial charge on any atom is 0.166 e. The number of carbonyl (C=O) groups excluding carboxylic acids is 1. The number of nitrogens with one attached hydrogen (secondary N) is 2. The van der Waals surface area contributed by atoms with Crippen molar-refractivity contribution in [3.63, 3.8) is 0 Å². The molecule has 5 rings (SSSR count). The Morgan fingerprint density at radius 2 is 2.03 bits per heavy atom. The van der Waals surface area contributed by atoms with Gasteiger partial charge in [-0.3, -0.25) is 4.79 Å². The van der Waals surface area contributed by atoms with Gasteiger partial charge in [-0.25, -0.2) is 9.38 Å². The van der Waals surface area contributed by atoms with E-state index in [4.69, 9.17) is 21.3 Å². The molecule has 0 aliphatic carbocycles. The molecule has 35 heavy (non-hydrogen) atoms. The highest BCUT2D eigenvalue weighted by molar-refractivity contribution is 6.32. The van der Waals surface area contributed by atoms with Gasteiger partial charge in [-0.2, -0.15) is 0 Å². The smallest absolute Gasteiger partial charge is 0.166 e. The lowest BCUT2D eigenvalue weighted by Gasteiger charge is -2.27. The predicted molar refractivity (Wildman–Crippen MR) is 137 cm³/mol. The number of aromatic nitrogens is 1. The quantitative estimate of drug-likeness (QED) is 0.320. The van der Waals surface area contributed by atoms with Crippen LogP contribution in [0.5, 0.6) is 5.75 Å². The fourth-order valence-electron chi connectivity index (χ4n) is 4.02. The molecule has 0 unspecified atom stereocenters. The Morgan fingerprint density at radius 3 is 2.83 bits per heavy atom. The third-order valence-electron chi connectivity index (χ3n) is 5.79. The van der Waals surface area contributed by atoms with E-state index in [9.17, 15) is 9.18 Å². The van der Waals surface area contributed by atoms with Crippen molar-refractivity contribution in [1.29, 1.82) is 0 Å². The van der Waals surface area contributed by atoms with Gasteiger partial charge in [0.05, 0.1) is 10.7 Å². The topological polar surface area (TPSA) is 69.7 Å². The minimum absolute atomic E-state index is 0.210. The Labute approximate surface area is 207 Å². The first kappa shape index (κ1) is 22.7. The van der Waals surface area contributed by atoms with Crippen LogP contribution in [0.2, 0.25) is 5.02 Å². The van der Waals surface area contributed by atoms with E-state index in [1.54, 1.807) is 30.5 Å².